The summed E-state index contributed by atoms with van der Waals surface area (Å²) in [5, 5.41) is 3.50. The van der Waals surface area contributed by atoms with Crippen LogP contribution in [0.2, 0.25) is 0 Å². The number of hydrogen-bond acceptors (Lipinski definition) is 3. The molecule has 3 rings (SSSR count). The Morgan fingerprint density at radius 2 is 2.18 bits per heavy atom. The van der Waals surface area contributed by atoms with E-state index in [1.54, 1.807) is 0 Å². The van der Waals surface area contributed by atoms with Crippen LogP contribution in [0.4, 0.5) is 0 Å². The summed E-state index contributed by atoms with van der Waals surface area (Å²) in [6.45, 7) is 10.6. The summed E-state index contributed by atoms with van der Waals surface area (Å²) in [6.07, 6.45) is 5.06. The molecule has 17 heavy (non-hydrogen) atoms. The van der Waals surface area contributed by atoms with Gasteiger partial charge in [-0.15, -0.1) is 0 Å². The third-order valence-corrected chi connectivity index (χ3v) is 4.57. The van der Waals surface area contributed by atoms with Gasteiger partial charge in [-0.25, -0.2) is 0 Å². The van der Waals surface area contributed by atoms with E-state index in [1.807, 2.05) is 0 Å². The van der Waals surface area contributed by atoms with E-state index in [2.05, 4.69) is 24.1 Å². The van der Waals surface area contributed by atoms with Gasteiger partial charge in [0.25, 0.3) is 0 Å². The third kappa shape index (κ3) is 2.83. The second-order valence-corrected chi connectivity index (χ2v) is 6.75. The maximum absolute atomic E-state index is 6.08. The van der Waals surface area contributed by atoms with Crippen LogP contribution in [0.1, 0.15) is 33.1 Å². The van der Waals surface area contributed by atoms with E-state index in [4.69, 9.17) is 4.74 Å². The van der Waals surface area contributed by atoms with Gasteiger partial charge >= 0.3 is 0 Å². The zero-order valence-corrected chi connectivity index (χ0v) is 11.2. The molecule has 3 nitrogen and oxygen atoms in total. The minimum absolute atomic E-state index is 0.423. The highest BCUT2D eigenvalue weighted by atomic mass is 16.5. The summed E-state index contributed by atoms with van der Waals surface area (Å²) < 4.78 is 6.08. The lowest BCUT2D eigenvalue weighted by Gasteiger charge is -2.40. The molecule has 0 aromatic rings. The molecule has 0 radical (unpaired) electrons. The predicted molar refractivity (Wildman–Crippen MR) is 69.1 cm³/mol. The van der Waals surface area contributed by atoms with Crippen LogP contribution in [0.3, 0.4) is 0 Å². The molecule has 2 saturated heterocycles. The molecule has 0 aromatic carbocycles. The van der Waals surface area contributed by atoms with E-state index in [9.17, 15) is 0 Å². The Labute approximate surface area is 105 Å². The standard InChI is InChI=1S/C14H26N2O/c1-11-7-16(8-13(17-11)12-3-4-12)10-14(2)5-6-15-9-14/h11-13,15H,3-10H2,1-2H3. The van der Waals surface area contributed by atoms with Crippen LogP contribution < -0.4 is 5.32 Å². The first-order valence-corrected chi connectivity index (χ1v) is 7.23. The second-order valence-electron chi connectivity index (χ2n) is 6.75. The lowest BCUT2D eigenvalue weighted by atomic mass is 9.88. The zero-order valence-electron chi connectivity index (χ0n) is 11.2. The summed E-state index contributed by atoms with van der Waals surface area (Å²) in [5.74, 6) is 0.870. The van der Waals surface area contributed by atoms with Crippen molar-refractivity contribution in [2.24, 2.45) is 11.3 Å². The Morgan fingerprint density at radius 3 is 2.82 bits per heavy atom. The topological polar surface area (TPSA) is 24.5 Å². The van der Waals surface area contributed by atoms with E-state index in [1.165, 1.54) is 45.4 Å². The van der Waals surface area contributed by atoms with Crippen molar-refractivity contribution >= 4 is 0 Å². The molecule has 1 aliphatic carbocycles. The highest BCUT2D eigenvalue weighted by molar-refractivity contribution is 4.92. The molecule has 0 bridgehead atoms. The van der Waals surface area contributed by atoms with Crippen molar-refractivity contribution in [1.29, 1.82) is 0 Å². The van der Waals surface area contributed by atoms with Crippen LogP contribution in [0, 0.1) is 11.3 Å². The van der Waals surface area contributed by atoms with E-state index in [-0.39, 0.29) is 0 Å². The van der Waals surface area contributed by atoms with Crippen molar-refractivity contribution in [1.82, 2.24) is 10.2 Å². The SMILES string of the molecule is CC1CN(CC2(C)CCNC2)CC(C2CC2)O1. The van der Waals surface area contributed by atoms with Crippen LogP contribution in [0.5, 0.6) is 0 Å². The van der Waals surface area contributed by atoms with Gasteiger partial charge in [0.1, 0.15) is 0 Å². The molecule has 3 fully saturated rings. The lowest BCUT2D eigenvalue weighted by Crippen LogP contribution is -2.50. The molecule has 3 heteroatoms. The smallest absolute Gasteiger partial charge is 0.0734 e. The second kappa shape index (κ2) is 4.52. The molecule has 3 unspecified atom stereocenters. The van der Waals surface area contributed by atoms with Crippen LogP contribution >= 0.6 is 0 Å². The van der Waals surface area contributed by atoms with Crippen molar-refractivity contribution in [3.8, 4) is 0 Å². The maximum atomic E-state index is 6.08. The average Bonchev–Trinajstić information content (AvgIpc) is 3.02. The zero-order chi connectivity index (χ0) is 11.9. The largest absolute Gasteiger partial charge is 0.372 e. The van der Waals surface area contributed by atoms with E-state index in [0.717, 1.165) is 12.5 Å². The van der Waals surface area contributed by atoms with Gasteiger partial charge in [0.05, 0.1) is 12.2 Å². The van der Waals surface area contributed by atoms with Crippen molar-refractivity contribution < 1.29 is 4.74 Å². The molecule has 2 aliphatic heterocycles. The predicted octanol–water partition coefficient (Wildman–Crippen LogP) is 1.49. The van der Waals surface area contributed by atoms with Crippen LogP contribution in [0.15, 0.2) is 0 Å². The first-order valence-electron chi connectivity index (χ1n) is 7.23. The molecule has 0 spiro atoms. The van der Waals surface area contributed by atoms with Gasteiger partial charge in [0, 0.05) is 26.2 Å². The van der Waals surface area contributed by atoms with Crippen molar-refractivity contribution in [2.75, 3.05) is 32.7 Å². The van der Waals surface area contributed by atoms with E-state index < -0.39 is 0 Å². The molecule has 1 N–H and O–H groups in total. The van der Waals surface area contributed by atoms with Crippen molar-refractivity contribution in [3.05, 3.63) is 0 Å². The van der Waals surface area contributed by atoms with Crippen molar-refractivity contribution in [2.45, 2.75) is 45.3 Å². The number of nitrogens with zero attached hydrogens (tertiary/aromatic N) is 1. The number of rotatable bonds is 3. The van der Waals surface area contributed by atoms with Gasteiger partial charge in [-0.2, -0.15) is 0 Å². The summed E-state index contributed by atoms with van der Waals surface area (Å²) in [7, 11) is 0. The molecular formula is C14H26N2O. The first-order chi connectivity index (χ1) is 8.15. The Bertz CT molecular complexity index is 271. The van der Waals surface area contributed by atoms with Gasteiger partial charge in [0.2, 0.25) is 0 Å². The molecule has 0 aromatic heterocycles. The lowest BCUT2D eigenvalue weighted by molar-refractivity contribution is -0.0924. The average molecular weight is 238 g/mol. The molecular weight excluding hydrogens is 212 g/mol. The monoisotopic (exact) mass is 238 g/mol. The van der Waals surface area contributed by atoms with Gasteiger partial charge in [-0.05, 0) is 44.1 Å². The Balaban J connectivity index is 1.58. The van der Waals surface area contributed by atoms with Gasteiger partial charge in [-0.3, -0.25) is 4.90 Å². The molecule has 3 atom stereocenters. The quantitative estimate of drug-likeness (QED) is 0.806. The summed E-state index contributed by atoms with van der Waals surface area (Å²) in [4.78, 5) is 2.66. The first kappa shape index (κ1) is 11.9. The molecule has 1 saturated carbocycles. The molecule has 0 amide bonds. The van der Waals surface area contributed by atoms with Gasteiger partial charge < -0.3 is 10.1 Å². The Hall–Kier alpha value is -0.120. The molecule has 98 valence electrons. The summed E-state index contributed by atoms with van der Waals surface area (Å²) in [6, 6.07) is 0. The van der Waals surface area contributed by atoms with Crippen LogP contribution in [-0.2, 0) is 4.74 Å². The normalized spacial score (nSPS) is 44.1. The number of hydrogen-bond donors (Lipinski definition) is 1. The van der Waals surface area contributed by atoms with Crippen LogP contribution in [-0.4, -0.2) is 49.8 Å². The van der Waals surface area contributed by atoms with E-state index >= 15 is 0 Å². The highest BCUT2D eigenvalue weighted by Crippen LogP contribution is 2.37. The summed E-state index contributed by atoms with van der Waals surface area (Å²) >= 11 is 0. The van der Waals surface area contributed by atoms with Crippen molar-refractivity contribution in [3.63, 3.8) is 0 Å². The fourth-order valence-electron chi connectivity index (χ4n) is 3.48. The van der Waals surface area contributed by atoms with Gasteiger partial charge in [-0.1, -0.05) is 6.92 Å². The molecule has 3 aliphatic rings. The van der Waals surface area contributed by atoms with Crippen LogP contribution in [0.25, 0.3) is 0 Å². The number of morpholine rings is 1. The minimum Gasteiger partial charge on any atom is -0.372 e. The fourth-order valence-corrected chi connectivity index (χ4v) is 3.48. The third-order valence-electron chi connectivity index (χ3n) is 4.57. The Morgan fingerprint density at radius 1 is 1.35 bits per heavy atom. The maximum Gasteiger partial charge on any atom is 0.0734 e. The minimum atomic E-state index is 0.423. The summed E-state index contributed by atoms with van der Waals surface area (Å²) in [5.41, 5.74) is 0.491. The fraction of sp³-hybridized carbons (Fsp3) is 1.00. The molecule has 2 heterocycles. The van der Waals surface area contributed by atoms with E-state index in [0.29, 0.717) is 17.6 Å². The van der Waals surface area contributed by atoms with Gasteiger partial charge in [0.15, 0.2) is 0 Å². The Kier molecular flexibility index (Phi) is 3.18. The number of nitrogens with one attached hydrogen (secondary N) is 1. The number of ether oxygens (including phenoxy) is 1. The highest BCUT2D eigenvalue weighted by Gasteiger charge is 2.39.